The summed E-state index contributed by atoms with van der Waals surface area (Å²) in [5, 5.41) is 6.84. The van der Waals surface area contributed by atoms with Gasteiger partial charge in [-0.15, -0.1) is 0 Å². The summed E-state index contributed by atoms with van der Waals surface area (Å²) in [4.78, 5) is 11.6. The Morgan fingerprint density at radius 3 is 2.79 bits per heavy atom. The first kappa shape index (κ1) is 16.5. The molecule has 0 unspecified atom stereocenters. The minimum absolute atomic E-state index is 0.0727. The third kappa shape index (κ3) is 3.13. The van der Waals surface area contributed by atoms with E-state index in [0.29, 0.717) is 11.4 Å². The number of nitrogens with one attached hydrogen (secondary N) is 2. The minimum atomic E-state index is -3.71. The van der Waals surface area contributed by atoms with Crippen molar-refractivity contribution >= 4 is 21.6 Å². The number of benzene rings is 1. The maximum atomic E-state index is 12.5. The highest BCUT2D eigenvalue weighted by molar-refractivity contribution is 7.89. The molecule has 1 aliphatic rings. The maximum absolute atomic E-state index is 12.5. The first-order chi connectivity index (χ1) is 11.3. The van der Waals surface area contributed by atoms with Crippen LogP contribution < -0.4 is 14.8 Å². The average Bonchev–Trinajstić information content (AvgIpc) is 2.84. The van der Waals surface area contributed by atoms with Crippen molar-refractivity contribution in [3.63, 3.8) is 0 Å². The Kier molecular flexibility index (Phi) is 4.06. The fourth-order valence-electron chi connectivity index (χ4n) is 2.43. The Bertz CT molecular complexity index is 904. The highest BCUT2D eigenvalue weighted by Gasteiger charge is 2.25. The number of fused-ring (bicyclic) bond motifs is 1. The van der Waals surface area contributed by atoms with E-state index < -0.39 is 16.1 Å². The van der Waals surface area contributed by atoms with Gasteiger partial charge in [0.1, 0.15) is 5.75 Å². The Hall–Kier alpha value is -2.39. The smallest absolute Gasteiger partial charge is 0.265 e. The van der Waals surface area contributed by atoms with E-state index >= 15 is 0 Å². The predicted octanol–water partition coefficient (Wildman–Crippen LogP) is 0.926. The molecule has 1 aliphatic heterocycles. The number of carbonyl (C=O) groups excluding carboxylic acids is 1. The molecule has 3 rings (SSSR count). The summed E-state index contributed by atoms with van der Waals surface area (Å²) in [6, 6.07) is 6.16. The normalized spacial score (nSPS) is 17.1. The molecule has 1 atom stereocenters. The van der Waals surface area contributed by atoms with Gasteiger partial charge in [-0.2, -0.15) is 5.10 Å². The summed E-state index contributed by atoms with van der Waals surface area (Å²) in [6.07, 6.45) is -0.666. The van der Waals surface area contributed by atoms with Crippen LogP contribution >= 0.6 is 0 Å². The van der Waals surface area contributed by atoms with Crippen LogP contribution in [-0.4, -0.2) is 30.2 Å². The van der Waals surface area contributed by atoms with E-state index in [9.17, 15) is 13.2 Å². The molecule has 24 heavy (non-hydrogen) atoms. The van der Waals surface area contributed by atoms with Crippen LogP contribution in [-0.2, 0) is 28.4 Å². The molecule has 2 N–H and O–H groups in total. The molecule has 9 heteroatoms. The Labute approximate surface area is 139 Å². The number of ether oxygens (including phenoxy) is 1. The molecule has 8 nitrogen and oxygen atoms in total. The summed E-state index contributed by atoms with van der Waals surface area (Å²) in [5.74, 6) is 0.0733. The molecule has 0 bridgehead atoms. The average molecular weight is 350 g/mol. The first-order valence-corrected chi connectivity index (χ1v) is 8.85. The number of amides is 1. The fourth-order valence-corrected chi connectivity index (χ4v) is 3.44. The summed E-state index contributed by atoms with van der Waals surface area (Å²) >= 11 is 0. The van der Waals surface area contributed by atoms with Gasteiger partial charge in [-0.1, -0.05) is 0 Å². The quantitative estimate of drug-likeness (QED) is 0.854. The third-order valence-corrected chi connectivity index (χ3v) is 5.14. The molecule has 0 spiro atoms. The molecule has 0 radical (unpaired) electrons. The van der Waals surface area contributed by atoms with Gasteiger partial charge in [0.25, 0.3) is 5.91 Å². The largest absolute Gasteiger partial charge is 0.479 e. The number of aryl methyl sites for hydroxylation is 2. The van der Waals surface area contributed by atoms with E-state index in [4.69, 9.17) is 4.74 Å². The van der Waals surface area contributed by atoms with Crippen molar-refractivity contribution in [1.82, 2.24) is 14.5 Å². The minimum Gasteiger partial charge on any atom is -0.479 e. The number of hydrogen-bond acceptors (Lipinski definition) is 5. The molecule has 0 aliphatic carbocycles. The topological polar surface area (TPSA) is 102 Å². The van der Waals surface area contributed by atoms with E-state index in [0.717, 1.165) is 11.4 Å². The lowest BCUT2D eigenvalue weighted by atomic mass is 10.2. The highest BCUT2D eigenvalue weighted by atomic mass is 32.2. The van der Waals surface area contributed by atoms with Gasteiger partial charge in [0.05, 0.1) is 28.5 Å². The van der Waals surface area contributed by atoms with Gasteiger partial charge in [-0.25, -0.2) is 13.1 Å². The predicted molar refractivity (Wildman–Crippen MR) is 87.1 cm³/mol. The van der Waals surface area contributed by atoms with Crippen LogP contribution in [0.15, 0.2) is 29.2 Å². The van der Waals surface area contributed by atoms with Crippen molar-refractivity contribution < 1.29 is 17.9 Å². The van der Waals surface area contributed by atoms with Gasteiger partial charge in [-0.05, 0) is 32.0 Å². The Balaban J connectivity index is 1.81. The van der Waals surface area contributed by atoms with Crippen molar-refractivity contribution in [1.29, 1.82) is 0 Å². The van der Waals surface area contributed by atoms with E-state index in [1.165, 1.54) is 18.2 Å². The first-order valence-electron chi connectivity index (χ1n) is 7.37. The molecule has 0 saturated heterocycles. The lowest BCUT2D eigenvalue weighted by Gasteiger charge is -2.23. The summed E-state index contributed by atoms with van der Waals surface area (Å²) in [5.41, 5.74) is 2.03. The lowest BCUT2D eigenvalue weighted by Crippen LogP contribution is -2.34. The molecule has 0 fully saturated rings. The Morgan fingerprint density at radius 2 is 2.12 bits per heavy atom. The maximum Gasteiger partial charge on any atom is 0.265 e. The molecule has 0 saturated carbocycles. The van der Waals surface area contributed by atoms with Crippen molar-refractivity contribution in [2.24, 2.45) is 7.05 Å². The second kappa shape index (κ2) is 5.91. The van der Waals surface area contributed by atoms with E-state index in [-0.39, 0.29) is 17.3 Å². The molecule has 2 heterocycles. The van der Waals surface area contributed by atoms with Gasteiger partial charge in [0.15, 0.2) is 6.10 Å². The van der Waals surface area contributed by atoms with Crippen molar-refractivity contribution in [3.05, 3.63) is 35.7 Å². The van der Waals surface area contributed by atoms with Crippen LogP contribution in [0.4, 0.5) is 5.69 Å². The molecular weight excluding hydrogens is 332 g/mol. The number of nitrogens with zero attached hydrogens (tertiary/aromatic N) is 2. The fraction of sp³-hybridized carbons (Fsp3) is 0.333. The SMILES string of the molecule is Cc1cc(CNS(=O)(=O)c2ccc3c(c2)O[C@@H](C)C(=O)N3)n(C)n1. The molecule has 1 aromatic carbocycles. The summed E-state index contributed by atoms with van der Waals surface area (Å²) in [6.45, 7) is 3.57. The zero-order valence-electron chi connectivity index (χ0n) is 13.5. The van der Waals surface area contributed by atoms with Crippen LogP contribution in [0.25, 0.3) is 0 Å². The van der Waals surface area contributed by atoms with Crippen LogP contribution in [0, 0.1) is 6.92 Å². The van der Waals surface area contributed by atoms with Crippen LogP contribution in [0.2, 0.25) is 0 Å². The van der Waals surface area contributed by atoms with Gasteiger partial charge >= 0.3 is 0 Å². The van der Waals surface area contributed by atoms with E-state index in [1.54, 1.807) is 18.7 Å². The second-order valence-corrected chi connectivity index (χ2v) is 7.40. The van der Waals surface area contributed by atoms with Gasteiger partial charge in [0.2, 0.25) is 10.0 Å². The number of hydrogen-bond donors (Lipinski definition) is 2. The zero-order chi connectivity index (χ0) is 17.5. The second-order valence-electron chi connectivity index (χ2n) is 5.63. The number of aromatic nitrogens is 2. The molecule has 1 amide bonds. The summed E-state index contributed by atoms with van der Waals surface area (Å²) in [7, 11) is -1.96. The third-order valence-electron chi connectivity index (χ3n) is 3.74. The number of rotatable bonds is 4. The molecule has 2 aromatic rings. The number of anilines is 1. The van der Waals surface area contributed by atoms with Gasteiger partial charge in [0, 0.05) is 13.1 Å². The molecular formula is C15H18N4O4S. The number of sulfonamides is 1. The van der Waals surface area contributed by atoms with Crippen molar-refractivity contribution in [2.45, 2.75) is 31.4 Å². The Morgan fingerprint density at radius 1 is 1.38 bits per heavy atom. The van der Waals surface area contributed by atoms with E-state index in [2.05, 4.69) is 15.1 Å². The monoisotopic (exact) mass is 350 g/mol. The zero-order valence-corrected chi connectivity index (χ0v) is 14.3. The lowest BCUT2D eigenvalue weighted by molar-refractivity contribution is -0.122. The van der Waals surface area contributed by atoms with Crippen molar-refractivity contribution in [3.8, 4) is 5.75 Å². The number of carbonyl (C=O) groups is 1. The van der Waals surface area contributed by atoms with Crippen LogP contribution in [0.5, 0.6) is 5.75 Å². The summed E-state index contributed by atoms with van der Waals surface area (Å²) < 4.78 is 34.6. The van der Waals surface area contributed by atoms with Gasteiger partial charge in [-0.3, -0.25) is 9.48 Å². The van der Waals surface area contributed by atoms with Crippen LogP contribution in [0.1, 0.15) is 18.3 Å². The van der Waals surface area contributed by atoms with Crippen molar-refractivity contribution in [2.75, 3.05) is 5.32 Å². The van der Waals surface area contributed by atoms with E-state index in [1.807, 2.05) is 13.0 Å². The molecule has 1 aromatic heterocycles. The highest BCUT2D eigenvalue weighted by Crippen LogP contribution is 2.31. The van der Waals surface area contributed by atoms with Crippen LogP contribution in [0.3, 0.4) is 0 Å². The van der Waals surface area contributed by atoms with Gasteiger partial charge < -0.3 is 10.1 Å². The standard InChI is InChI=1S/C15H18N4O4S/c1-9-6-11(19(3)18-9)8-16-24(21,22)12-4-5-13-14(7-12)23-10(2)15(20)17-13/h4-7,10,16H,8H2,1-3H3,(H,17,20)/t10-/m0/s1. The molecule has 128 valence electrons.